The van der Waals surface area contributed by atoms with Crippen LogP contribution in [0.4, 0.5) is 13.2 Å². The average molecular weight is 254 g/mol. The molecule has 0 aromatic carbocycles. The minimum absolute atomic E-state index is 0.214. The maximum atomic E-state index is 12.7. The summed E-state index contributed by atoms with van der Waals surface area (Å²) < 4.78 is 39.6. The zero-order valence-electron chi connectivity index (χ0n) is 8.90. The molecule has 0 amide bonds. The highest BCUT2D eigenvalue weighted by molar-refractivity contribution is 7.99. The van der Waals surface area contributed by atoms with Gasteiger partial charge in [0.2, 0.25) is 0 Å². The van der Waals surface area contributed by atoms with Crippen LogP contribution >= 0.6 is 11.8 Å². The number of aryl methyl sites for hydroxylation is 1. The molecule has 1 aromatic rings. The third-order valence-corrected chi connectivity index (χ3v) is 3.54. The lowest BCUT2D eigenvalue weighted by molar-refractivity contribution is -0.132. The van der Waals surface area contributed by atoms with Crippen molar-refractivity contribution in [1.82, 2.24) is 14.8 Å². The minimum atomic E-state index is -4.34. The summed E-state index contributed by atoms with van der Waals surface area (Å²) in [7, 11) is 1.59. The van der Waals surface area contributed by atoms with Crippen molar-refractivity contribution in [2.45, 2.75) is 36.0 Å². The molecule has 8 heteroatoms. The maximum absolute atomic E-state index is 12.7. The summed E-state index contributed by atoms with van der Waals surface area (Å²) in [5, 5.41) is 5.69. The molecule has 0 bridgehead atoms. The summed E-state index contributed by atoms with van der Waals surface area (Å²) in [5.41, 5.74) is 5.47. The van der Waals surface area contributed by atoms with Crippen LogP contribution in [-0.2, 0) is 7.05 Å². The van der Waals surface area contributed by atoms with Crippen LogP contribution in [0.3, 0.4) is 0 Å². The van der Waals surface area contributed by atoms with Gasteiger partial charge in [-0.15, -0.1) is 10.2 Å². The van der Waals surface area contributed by atoms with Crippen LogP contribution in [0.5, 0.6) is 0 Å². The van der Waals surface area contributed by atoms with Crippen LogP contribution in [0, 0.1) is 0 Å². The van der Waals surface area contributed by atoms with Crippen molar-refractivity contribution in [2.75, 3.05) is 0 Å². The van der Waals surface area contributed by atoms with E-state index >= 15 is 0 Å². The number of nitrogens with zero attached hydrogens (tertiary/aromatic N) is 3. The lowest BCUT2D eigenvalue weighted by Gasteiger charge is -2.24. The molecule has 92 valence electrons. The third kappa shape index (κ3) is 3.11. The van der Waals surface area contributed by atoms with Gasteiger partial charge in [-0.05, 0) is 6.42 Å². The van der Waals surface area contributed by atoms with Crippen molar-refractivity contribution >= 4 is 11.8 Å². The van der Waals surface area contributed by atoms with E-state index in [4.69, 9.17) is 5.73 Å². The topological polar surface area (TPSA) is 56.7 Å². The van der Waals surface area contributed by atoms with Gasteiger partial charge in [-0.2, -0.15) is 13.2 Å². The summed E-state index contributed by atoms with van der Waals surface area (Å²) in [5.74, 6) is 0. The molecule has 1 rings (SSSR count). The van der Waals surface area contributed by atoms with Crippen LogP contribution in [0.2, 0.25) is 0 Å². The van der Waals surface area contributed by atoms with Gasteiger partial charge in [0.1, 0.15) is 11.6 Å². The van der Waals surface area contributed by atoms with Gasteiger partial charge in [0, 0.05) is 13.1 Å². The van der Waals surface area contributed by atoms with Crippen LogP contribution in [0.15, 0.2) is 11.5 Å². The average Bonchev–Trinajstić information content (AvgIpc) is 2.57. The molecule has 4 nitrogen and oxygen atoms in total. The fourth-order valence-electron chi connectivity index (χ4n) is 1.10. The first kappa shape index (κ1) is 13.3. The molecule has 16 heavy (non-hydrogen) atoms. The Morgan fingerprint density at radius 3 is 2.56 bits per heavy atom. The monoisotopic (exact) mass is 254 g/mol. The van der Waals surface area contributed by atoms with Crippen LogP contribution in [-0.4, -0.2) is 32.2 Å². The Balaban J connectivity index is 2.84. The second-order valence-corrected chi connectivity index (χ2v) is 4.49. The molecule has 2 atom stereocenters. The molecule has 2 N–H and O–H groups in total. The molecule has 1 heterocycles. The lowest BCUT2D eigenvalue weighted by atomic mass is 10.1. The van der Waals surface area contributed by atoms with E-state index in [0.717, 1.165) is 0 Å². The molecule has 0 radical (unpaired) electrons. The van der Waals surface area contributed by atoms with E-state index in [1.54, 1.807) is 14.0 Å². The highest BCUT2D eigenvalue weighted by atomic mass is 32.2. The van der Waals surface area contributed by atoms with Crippen molar-refractivity contribution < 1.29 is 13.2 Å². The molecule has 0 aliphatic rings. The Labute approximate surface area is 95.4 Å². The number of halogens is 3. The summed E-state index contributed by atoms with van der Waals surface area (Å²) >= 11 is 0.601. The summed E-state index contributed by atoms with van der Waals surface area (Å²) in [4.78, 5) is 0. The predicted molar refractivity (Wildman–Crippen MR) is 55.0 cm³/mol. The predicted octanol–water partition coefficient (Wildman–Crippen LogP) is 1.58. The van der Waals surface area contributed by atoms with Gasteiger partial charge in [0.15, 0.2) is 5.16 Å². The molecule has 2 unspecified atom stereocenters. The van der Waals surface area contributed by atoms with E-state index in [2.05, 4.69) is 10.2 Å². The Morgan fingerprint density at radius 2 is 2.19 bits per heavy atom. The Kier molecular flexibility index (Phi) is 4.20. The molecule has 0 saturated heterocycles. The van der Waals surface area contributed by atoms with Crippen molar-refractivity contribution in [3.63, 3.8) is 0 Å². The van der Waals surface area contributed by atoms with Gasteiger partial charge in [-0.3, -0.25) is 0 Å². The first-order valence-corrected chi connectivity index (χ1v) is 5.57. The van der Waals surface area contributed by atoms with Gasteiger partial charge in [-0.1, -0.05) is 18.7 Å². The van der Waals surface area contributed by atoms with E-state index in [1.807, 2.05) is 0 Å². The fraction of sp³-hybridized carbons (Fsp3) is 0.750. The Bertz CT molecular complexity index is 338. The van der Waals surface area contributed by atoms with Gasteiger partial charge in [-0.25, -0.2) is 0 Å². The SMILES string of the molecule is CCC(N)C(Sc1nncn1C)C(F)(F)F. The number of nitrogens with two attached hydrogens (primary N) is 1. The Hall–Kier alpha value is -0.760. The fourth-order valence-corrected chi connectivity index (χ4v) is 2.14. The standard InChI is InChI=1S/C8H13F3N4S/c1-3-5(12)6(8(9,10)11)16-7-14-13-4-15(7)2/h4-6H,3,12H2,1-2H3. The van der Waals surface area contributed by atoms with Gasteiger partial charge >= 0.3 is 6.18 Å². The highest BCUT2D eigenvalue weighted by Gasteiger charge is 2.44. The van der Waals surface area contributed by atoms with E-state index in [0.29, 0.717) is 11.8 Å². The van der Waals surface area contributed by atoms with Gasteiger partial charge in [0.25, 0.3) is 0 Å². The van der Waals surface area contributed by atoms with Crippen LogP contribution in [0.1, 0.15) is 13.3 Å². The minimum Gasteiger partial charge on any atom is -0.326 e. The van der Waals surface area contributed by atoms with Gasteiger partial charge < -0.3 is 10.3 Å². The van der Waals surface area contributed by atoms with Crippen molar-refractivity contribution in [1.29, 1.82) is 0 Å². The van der Waals surface area contributed by atoms with E-state index in [9.17, 15) is 13.2 Å². The second kappa shape index (κ2) is 5.05. The number of hydrogen-bond acceptors (Lipinski definition) is 4. The molecular formula is C8H13F3N4S. The van der Waals surface area contributed by atoms with Crippen LogP contribution in [0.25, 0.3) is 0 Å². The first-order valence-electron chi connectivity index (χ1n) is 4.69. The summed E-state index contributed by atoms with van der Waals surface area (Å²) in [6.07, 6.45) is -2.73. The lowest BCUT2D eigenvalue weighted by Crippen LogP contribution is -2.42. The number of aromatic nitrogens is 3. The van der Waals surface area contributed by atoms with Crippen molar-refractivity contribution in [2.24, 2.45) is 12.8 Å². The van der Waals surface area contributed by atoms with Crippen molar-refractivity contribution in [3.8, 4) is 0 Å². The number of alkyl halides is 3. The third-order valence-electron chi connectivity index (χ3n) is 2.09. The highest BCUT2D eigenvalue weighted by Crippen LogP contribution is 2.36. The number of hydrogen-bond donors (Lipinski definition) is 1. The molecule has 0 aliphatic heterocycles. The number of rotatable bonds is 4. The Morgan fingerprint density at radius 1 is 1.56 bits per heavy atom. The molecule has 0 saturated carbocycles. The zero-order valence-corrected chi connectivity index (χ0v) is 9.72. The van der Waals surface area contributed by atoms with E-state index in [1.165, 1.54) is 10.9 Å². The van der Waals surface area contributed by atoms with E-state index < -0.39 is 17.5 Å². The molecule has 0 spiro atoms. The van der Waals surface area contributed by atoms with E-state index in [-0.39, 0.29) is 11.6 Å². The molecule has 0 fully saturated rings. The molecule has 1 aromatic heterocycles. The smallest absolute Gasteiger partial charge is 0.326 e. The summed E-state index contributed by atoms with van der Waals surface area (Å²) in [6, 6.07) is -0.943. The quantitative estimate of drug-likeness (QED) is 0.829. The number of thioether (sulfide) groups is 1. The van der Waals surface area contributed by atoms with Crippen LogP contribution < -0.4 is 5.73 Å². The normalized spacial score (nSPS) is 16.1. The largest absolute Gasteiger partial charge is 0.402 e. The van der Waals surface area contributed by atoms with Crippen molar-refractivity contribution in [3.05, 3.63) is 6.33 Å². The molecular weight excluding hydrogens is 241 g/mol. The second-order valence-electron chi connectivity index (χ2n) is 3.38. The first-order chi connectivity index (χ1) is 7.36. The molecule has 0 aliphatic carbocycles. The van der Waals surface area contributed by atoms with Gasteiger partial charge in [0.05, 0.1) is 0 Å². The zero-order chi connectivity index (χ0) is 12.3. The summed E-state index contributed by atoms with van der Waals surface area (Å²) in [6.45, 7) is 1.63. The maximum Gasteiger partial charge on any atom is 0.402 e.